The molecular weight excluding hydrogens is 277 g/mol. The highest BCUT2D eigenvalue weighted by molar-refractivity contribution is 6.20. The van der Waals surface area contributed by atoms with Crippen molar-refractivity contribution in [1.82, 2.24) is 14.5 Å². The van der Waals surface area contributed by atoms with Crippen molar-refractivity contribution >= 4 is 22.6 Å². The number of aryl methyl sites for hydroxylation is 1. The molecular formula is C15H21ClFN3. The van der Waals surface area contributed by atoms with Gasteiger partial charge in [-0.1, -0.05) is 6.92 Å². The van der Waals surface area contributed by atoms with E-state index in [1.807, 2.05) is 13.0 Å². The zero-order valence-corrected chi connectivity index (χ0v) is 13.2. The second kappa shape index (κ2) is 6.10. The van der Waals surface area contributed by atoms with Crippen LogP contribution in [0.4, 0.5) is 4.39 Å². The van der Waals surface area contributed by atoms with Crippen molar-refractivity contribution in [2.45, 2.75) is 32.7 Å². The van der Waals surface area contributed by atoms with Gasteiger partial charge >= 0.3 is 0 Å². The first kappa shape index (κ1) is 15.3. The van der Waals surface area contributed by atoms with Gasteiger partial charge in [-0.25, -0.2) is 9.37 Å². The predicted molar refractivity (Wildman–Crippen MR) is 81.9 cm³/mol. The Labute approximate surface area is 124 Å². The summed E-state index contributed by atoms with van der Waals surface area (Å²) in [6.07, 6.45) is 0. The molecule has 110 valence electrons. The van der Waals surface area contributed by atoms with E-state index in [1.54, 1.807) is 6.92 Å². The Morgan fingerprint density at radius 1 is 1.45 bits per heavy atom. The highest BCUT2D eigenvalue weighted by Gasteiger charge is 2.16. The van der Waals surface area contributed by atoms with Gasteiger partial charge in [0.1, 0.15) is 11.6 Å². The topological polar surface area (TPSA) is 21.1 Å². The Hall–Kier alpha value is -1.13. The lowest BCUT2D eigenvalue weighted by atomic mass is 10.2. The molecule has 3 nitrogen and oxygen atoms in total. The average Bonchev–Trinajstić information content (AvgIpc) is 2.74. The quantitative estimate of drug-likeness (QED) is 0.784. The van der Waals surface area contributed by atoms with Gasteiger partial charge in [-0.2, -0.15) is 0 Å². The molecule has 0 aliphatic heterocycles. The van der Waals surface area contributed by atoms with E-state index in [0.29, 0.717) is 11.1 Å². The maximum atomic E-state index is 13.7. The standard InChI is InChI=1S/C15H21ClFN3/c1-5-19(4)6-7-20-14-8-10(2)12(17)9-13(14)18-15(20)11(3)16/h8-9,11H,5-7H2,1-4H3. The molecule has 0 N–H and O–H groups in total. The van der Waals surface area contributed by atoms with Crippen molar-refractivity contribution in [3.63, 3.8) is 0 Å². The molecule has 20 heavy (non-hydrogen) atoms. The first-order valence-electron chi connectivity index (χ1n) is 6.93. The van der Waals surface area contributed by atoms with Gasteiger partial charge in [0, 0.05) is 19.2 Å². The SMILES string of the molecule is CCN(C)CCn1c(C(C)Cl)nc2cc(F)c(C)cc21. The summed E-state index contributed by atoms with van der Waals surface area (Å²) >= 11 is 6.22. The summed E-state index contributed by atoms with van der Waals surface area (Å²) in [5, 5.41) is -0.197. The minimum absolute atomic E-state index is 0.197. The fourth-order valence-corrected chi connectivity index (χ4v) is 2.40. The van der Waals surface area contributed by atoms with E-state index in [1.165, 1.54) is 6.07 Å². The lowest BCUT2D eigenvalue weighted by Gasteiger charge is -2.16. The van der Waals surface area contributed by atoms with Crippen LogP contribution in [-0.4, -0.2) is 34.6 Å². The number of hydrogen-bond acceptors (Lipinski definition) is 2. The van der Waals surface area contributed by atoms with E-state index in [0.717, 1.165) is 31.0 Å². The zero-order valence-electron chi connectivity index (χ0n) is 12.5. The summed E-state index contributed by atoms with van der Waals surface area (Å²) in [4.78, 5) is 6.72. The number of hydrogen-bond donors (Lipinski definition) is 0. The van der Waals surface area contributed by atoms with Crippen molar-refractivity contribution in [3.05, 3.63) is 29.3 Å². The van der Waals surface area contributed by atoms with Crippen molar-refractivity contribution in [3.8, 4) is 0 Å². The number of alkyl halides is 1. The van der Waals surface area contributed by atoms with Gasteiger partial charge in [0.2, 0.25) is 0 Å². The average molecular weight is 298 g/mol. The molecule has 0 fully saturated rings. The van der Waals surface area contributed by atoms with E-state index in [4.69, 9.17) is 11.6 Å². The summed E-state index contributed by atoms with van der Waals surface area (Å²) in [6, 6.07) is 3.35. The lowest BCUT2D eigenvalue weighted by molar-refractivity contribution is 0.335. The van der Waals surface area contributed by atoms with E-state index >= 15 is 0 Å². The summed E-state index contributed by atoms with van der Waals surface area (Å²) in [7, 11) is 2.08. The van der Waals surface area contributed by atoms with Crippen molar-refractivity contribution in [1.29, 1.82) is 0 Å². The highest BCUT2D eigenvalue weighted by atomic mass is 35.5. The number of imidazole rings is 1. The molecule has 2 aromatic rings. The Balaban J connectivity index is 2.47. The molecule has 0 radical (unpaired) electrons. The van der Waals surface area contributed by atoms with Crippen molar-refractivity contribution < 1.29 is 4.39 Å². The second-order valence-electron chi connectivity index (χ2n) is 5.22. The molecule has 5 heteroatoms. The molecule has 0 aliphatic rings. The number of nitrogens with zero attached hydrogens (tertiary/aromatic N) is 3. The van der Waals surface area contributed by atoms with Crippen LogP contribution in [0, 0.1) is 12.7 Å². The molecule has 0 spiro atoms. The number of benzene rings is 1. The molecule has 1 unspecified atom stereocenters. The van der Waals surface area contributed by atoms with Crippen LogP contribution in [0.5, 0.6) is 0 Å². The van der Waals surface area contributed by atoms with Crippen LogP contribution in [0.1, 0.15) is 30.6 Å². The first-order chi connectivity index (χ1) is 9.43. The van der Waals surface area contributed by atoms with Gasteiger partial charge in [0.25, 0.3) is 0 Å². The largest absolute Gasteiger partial charge is 0.325 e. The summed E-state index contributed by atoms with van der Waals surface area (Å²) in [5.74, 6) is 0.581. The molecule has 0 bridgehead atoms. The van der Waals surface area contributed by atoms with Crippen LogP contribution >= 0.6 is 11.6 Å². The number of aromatic nitrogens is 2. The minimum Gasteiger partial charge on any atom is -0.325 e. The van der Waals surface area contributed by atoms with Crippen LogP contribution < -0.4 is 0 Å². The molecule has 0 saturated carbocycles. The Kier molecular flexibility index (Phi) is 4.66. The van der Waals surface area contributed by atoms with Crippen molar-refractivity contribution in [2.24, 2.45) is 0 Å². The zero-order chi connectivity index (χ0) is 14.9. The van der Waals surface area contributed by atoms with Gasteiger partial charge in [-0.15, -0.1) is 11.6 Å². The molecule has 1 aromatic heterocycles. The Morgan fingerprint density at radius 3 is 2.75 bits per heavy atom. The molecule has 0 aliphatic carbocycles. The van der Waals surface area contributed by atoms with Crippen molar-refractivity contribution in [2.75, 3.05) is 20.1 Å². The first-order valence-corrected chi connectivity index (χ1v) is 7.36. The molecule has 0 amide bonds. The van der Waals surface area contributed by atoms with Crippen LogP contribution in [0.25, 0.3) is 11.0 Å². The minimum atomic E-state index is -0.221. The van der Waals surface area contributed by atoms with Crippen LogP contribution in [0.2, 0.25) is 0 Å². The molecule has 0 saturated heterocycles. The summed E-state index contributed by atoms with van der Waals surface area (Å²) < 4.78 is 15.8. The lowest BCUT2D eigenvalue weighted by Crippen LogP contribution is -2.23. The third kappa shape index (κ3) is 2.96. The monoisotopic (exact) mass is 297 g/mol. The van der Waals surface area contributed by atoms with Crippen LogP contribution in [0.3, 0.4) is 0 Å². The van der Waals surface area contributed by atoms with E-state index < -0.39 is 0 Å². The normalized spacial score (nSPS) is 13.3. The van der Waals surface area contributed by atoms with E-state index in [-0.39, 0.29) is 11.2 Å². The summed E-state index contributed by atoms with van der Waals surface area (Å²) in [6.45, 7) is 8.50. The fourth-order valence-electron chi connectivity index (χ4n) is 2.24. The molecule has 2 rings (SSSR count). The number of fused-ring (bicyclic) bond motifs is 1. The highest BCUT2D eigenvalue weighted by Crippen LogP contribution is 2.26. The number of rotatable bonds is 5. The summed E-state index contributed by atoms with van der Waals surface area (Å²) in [5.41, 5.74) is 2.27. The maximum Gasteiger partial charge on any atom is 0.128 e. The third-order valence-corrected chi connectivity index (χ3v) is 3.85. The molecule has 1 atom stereocenters. The van der Waals surface area contributed by atoms with Gasteiger partial charge in [-0.05, 0) is 39.1 Å². The Morgan fingerprint density at radius 2 is 2.15 bits per heavy atom. The molecule has 1 aromatic carbocycles. The van der Waals surface area contributed by atoms with Crippen LogP contribution in [-0.2, 0) is 6.54 Å². The van der Waals surface area contributed by atoms with Crippen LogP contribution in [0.15, 0.2) is 12.1 Å². The number of halogens is 2. The predicted octanol–water partition coefficient (Wildman–Crippen LogP) is 3.74. The van der Waals surface area contributed by atoms with Gasteiger partial charge < -0.3 is 9.47 Å². The third-order valence-electron chi connectivity index (χ3n) is 3.66. The fraction of sp³-hybridized carbons (Fsp3) is 0.533. The second-order valence-corrected chi connectivity index (χ2v) is 5.88. The maximum absolute atomic E-state index is 13.7. The van der Waals surface area contributed by atoms with E-state index in [2.05, 4.69) is 28.4 Å². The smallest absolute Gasteiger partial charge is 0.128 e. The molecule has 1 heterocycles. The van der Waals surface area contributed by atoms with Gasteiger partial charge in [0.15, 0.2) is 0 Å². The van der Waals surface area contributed by atoms with E-state index in [9.17, 15) is 4.39 Å². The Bertz CT molecular complexity index is 607. The number of likely N-dealkylation sites (N-methyl/N-ethyl adjacent to an activating group) is 1. The van der Waals surface area contributed by atoms with Gasteiger partial charge in [0.05, 0.1) is 16.4 Å². The van der Waals surface area contributed by atoms with Gasteiger partial charge in [-0.3, -0.25) is 0 Å².